The number of anilines is 1. The van der Waals surface area contributed by atoms with Crippen molar-refractivity contribution in [3.8, 4) is 5.82 Å². The number of rotatable bonds is 4. The van der Waals surface area contributed by atoms with Crippen molar-refractivity contribution in [2.24, 2.45) is 0 Å². The third kappa shape index (κ3) is 6.13. The molecular weight excluding hydrogens is 547 g/mol. The van der Waals surface area contributed by atoms with Crippen LogP contribution in [0.25, 0.3) is 5.82 Å². The molecule has 3 aromatic rings. The summed E-state index contributed by atoms with van der Waals surface area (Å²) < 4.78 is 1.56. The molecule has 0 aliphatic rings. The quantitative estimate of drug-likeness (QED) is 0.403. The van der Waals surface area contributed by atoms with Gasteiger partial charge in [-0.2, -0.15) is 5.10 Å². The molecule has 1 aromatic carbocycles. The number of imide groups is 1. The molecule has 0 saturated carbocycles. The van der Waals surface area contributed by atoms with Gasteiger partial charge in [0.25, 0.3) is 11.8 Å². The van der Waals surface area contributed by atoms with Crippen LogP contribution in [0, 0.1) is 6.92 Å². The van der Waals surface area contributed by atoms with Crippen molar-refractivity contribution < 1.29 is 14.4 Å². The van der Waals surface area contributed by atoms with Gasteiger partial charge in [-0.05, 0) is 73.5 Å². The van der Waals surface area contributed by atoms with Gasteiger partial charge in [0, 0.05) is 22.8 Å². The van der Waals surface area contributed by atoms with E-state index in [9.17, 15) is 14.4 Å². The largest absolute Gasteiger partial charge is 0.347 e. The van der Waals surface area contributed by atoms with Crippen LogP contribution in [-0.2, 0) is 0 Å². The van der Waals surface area contributed by atoms with E-state index in [1.54, 1.807) is 25.1 Å². The number of hydrogen-bond acceptors (Lipinski definition) is 5. The Morgan fingerprint density at radius 2 is 1.79 bits per heavy atom. The molecule has 0 saturated heterocycles. The lowest BCUT2D eigenvalue weighted by molar-refractivity contribution is 0.0919. The lowest BCUT2D eigenvalue weighted by Crippen LogP contribution is -2.41. The Kier molecular flexibility index (Phi) is 7.64. The number of urea groups is 1. The molecule has 0 radical (unpaired) electrons. The number of amides is 4. The number of nitrogens with zero attached hydrogens (tertiary/aromatic N) is 3. The Labute approximate surface area is 214 Å². The summed E-state index contributed by atoms with van der Waals surface area (Å²) in [5, 5.41) is 12.4. The van der Waals surface area contributed by atoms with Gasteiger partial charge < -0.3 is 10.6 Å². The monoisotopic (exact) mass is 566 g/mol. The summed E-state index contributed by atoms with van der Waals surface area (Å²) in [5.74, 6) is -0.966. The molecule has 0 aliphatic heterocycles. The number of pyridine rings is 1. The molecule has 0 atom stereocenters. The molecule has 0 spiro atoms. The van der Waals surface area contributed by atoms with Crippen LogP contribution < -0.4 is 16.0 Å². The van der Waals surface area contributed by atoms with Gasteiger partial charge >= 0.3 is 6.03 Å². The van der Waals surface area contributed by atoms with Gasteiger partial charge in [0.2, 0.25) is 0 Å². The molecule has 12 heteroatoms. The van der Waals surface area contributed by atoms with Crippen LogP contribution in [-0.4, -0.2) is 38.1 Å². The maximum atomic E-state index is 12.9. The lowest BCUT2D eigenvalue weighted by atomic mass is 10.0. The number of halogens is 3. The van der Waals surface area contributed by atoms with E-state index in [1.165, 1.54) is 23.0 Å². The molecule has 0 unspecified atom stereocenters. The van der Waals surface area contributed by atoms with E-state index in [0.29, 0.717) is 15.2 Å². The first-order valence-corrected chi connectivity index (χ1v) is 11.5. The SMILES string of the molecule is Cc1cc(Cl)cc(C(=O)NC(C)(C)C)c1NC(=O)NC(=O)c1cc(Br)nn1-c1ncccc1Cl. The molecule has 0 fully saturated rings. The maximum absolute atomic E-state index is 12.9. The zero-order valence-corrected chi connectivity index (χ0v) is 21.8. The third-order valence-electron chi connectivity index (χ3n) is 4.35. The highest BCUT2D eigenvalue weighted by atomic mass is 79.9. The first-order chi connectivity index (χ1) is 15.9. The predicted octanol–water partition coefficient (Wildman–Crippen LogP) is 5.14. The molecule has 0 aliphatic carbocycles. The molecule has 4 amide bonds. The van der Waals surface area contributed by atoms with Crippen LogP contribution in [0.1, 0.15) is 47.2 Å². The summed E-state index contributed by atoms with van der Waals surface area (Å²) in [6, 6.07) is 6.85. The van der Waals surface area contributed by atoms with E-state index in [4.69, 9.17) is 23.2 Å². The third-order valence-corrected chi connectivity index (χ3v) is 5.25. The molecule has 178 valence electrons. The first-order valence-electron chi connectivity index (χ1n) is 9.97. The number of carbonyl (C=O) groups is 3. The number of aromatic nitrogens is 3. The topological polar surface area (TPSA) is 118 Å². The summed E-state index contributed by atoms with van der Waals surface area (Å²) in [6.45, 7) is 7.17. The van der Waals surface area contributed by atoms with Crippen LogP contribution in [0.4, 0.5) is 10.5 Å². The molecule has 34 heavy (non-hydrogen) atoms. The Hall–Kier alpha value is -2.95. The van der Waals surface area contributed by atoms with E-state index in [-0.39, 0.29) is 27.8 Å². The van der Waals surface area contributed by atoms with Crippen molar-refractivity contribution in [3.05, 3.63) is 68.0 Å². The van der Waals surface area contributed by atoms with Crippen LogP contribution in [0.5, 0.6) is 0 Å². The first kappa shape index (κ1) is 25.7. The zero-order chi connectivity index (χ0) is 25.2. The smallest absolute Gasteiger partial charge is 0.326 e. The highest BCUT2D eigenvalue weighted by Gasteiger charge is 2.23. The second-order valence-electron chi connectivity index (χ2n) is 8.33. The van der Waals surface area contributed by atoms with Gasteiger partial charge in [0.05, 0.1) is 16.3 Å². The molecule has 3 N–H and O–H groups in total. The number of aryl methyl sites for hydroxylation is 1. The van der Waals surface area contributed by atoms with Crippen molar-refractivity contribution in [2.75, 3.05) is 5.32 Å². The Bertz CT molecular complexity index is 1290. The van der Waals surface area contributed by atoms with Crippen LogP contribution in [0.3, 0.4) is 0 Å². The summed E-state index contributed by atoms with van der Waals surface area (Å²) >= 11 is 15.5. The van der Waals surface area contributed by atoms with Crippen LogP contribution in [0.2, 0.25) is 10.0 Å². The van der Waals surface area contributed by atoms with E-state index in [1.807, 2.05) is 20.8 Å². The zero-order valence-electron chi connectivity index (χ0n) is 18.7. The maximum Gasteiger partial charge on any atom is 0.326 e. The minimum atomic E-state index is -0.851. The van der Waals surface area contributed by atoms with Crippen molar-refractivity contribution in [1.29, 1.82) is 0 Å². The summed E-state index contributed by atoms with van der Waals surface area (Å²) in [5.41, 5.74) is 0.430. The fourth-order valence-electron chi connectivity index (χ4n) is 3.02. The minimum Gasteiger partial charge on any atom is -0.347 e. The van der Waals surface area contributed by atoms with E-state index < -0.39 is 23.4 Å². The Morgan fingerprint density at radius 1 is 1.09 bits per heavy atom. The molecule has 9 nitrogen and oxygen atoms in total. The second-order valence-corrected chi connectivity index (χ2v) is 9.99. The molecule has 2 heterocycles. The van der Waals surface area contributed by atoms with Gasteiger partial charge in [-0.1, -0.05) is 23.2 Å². The number of hydrogen-bond donors (Lipinski definition) is 3. The average molecular weight is 568 g/mol. The number of nitrogens with one attached hydrogen (secondary N) is 3. The van der Waals surface area contributed by atoms with E-state index in [2.05, 4.69) is 42.0 Å². The Morgan fingerprint density at radius 3 is 2.44 bits per heavy atom. The second kappa shape index (κ2) is 10.1. The van der Waals surface area contributed by atoms with E-state index >= 15 is 0 Å². The highest BCUT2D eigenvalue weighted by Crippen LogP contribution is 2.26. The predicted molar refractivity (Wildman–Crippen MR) is 134 cm³/mol. The number of benzene rings is 1. The summed E-state index contributed by atoms with van der Waals surface area (Å²) in [7, 11) is 0. The van der Waals surface area contributed by atoms with Crippen molar-refractivity contribution in [1.82, 2.24) is 25.4 Å². The van der Waals surface area contributed by atoms with Crippen molar-refractivity contribution in [3.63, 3.8) is 0 Å². The van der Waals surface area contributed by atoms with Crippen molar-refractivity contribution in [2.45, 2.75) is 33.2 Å². The fraction of sp³-hybridized carbons (Fsp3) is 0.227. The van der Waals surface area contributed by atoms with Gasteiger partial charge in [0.1, 0.15) is 10.3 Å². The summed E-state index contributed by atoms with van der Waals surface area (Å²) in [6.07, 6.45) is 1.50. The van der Waals surface area contributed by atoms with Crippen LogP contribution in [0.15, 0.2) is 41.1 Å². The van der Waals surface area contributed by atoms with Gasteiger partial charge in [0.15, 0.2) is 5.82 Å². The Balaban J connectivity index is 1.86. The lowest BCUT2D eigenvalue weighted by Gasteiger charge is -2.22. The van der Waals surface area contributed by atoms with Crippen LogP contribution >= 0.6 is 39.1 Å². The number of carbonyl (C=O) groups excluding carboxylic acids is 3. The normalized spacial score (nSPS) is 11.1. The molecule has 0 bridgehead atoms. The molecular formula is C22H21BrCl2N6O3. The molecule has 3 rings (SSSR count). The van der Waals surface area contributed by atoms with Gasteiger partial charge in [-0.25, -0.2) is 14.5 Å². The standard InChI is InChI=1S/C22H21BrCl2N6O3/c1-11-8-12(24)9-13(19(32)29-22(2,3)4)17(11)27-21(34)28-20(33)15-10-16(23)30-31(15)18-14(25)6-5-7-26-18/h5-10H,1-4H3,(H,29,32)(H2,27,28,33,34). The van der Waals surface area contributed by atoms with Crippen molar-refractivity contribution >= 4 is 62.7 Å². The average Bonchev–Trinajstić information content (AvgIpc) is 3.10. The van der Waals surface area contributed by atoms with Gasteiger partial charge in [-0.3, -0.25) is 14.9 Å². The summed E-state index contributed by atoms with van der Waals surface area (Å²) in [4.78, 5) is 42.6. The van der Waals surface area contributed by atoms with E-state index in [0.717, 1.165) is 0 Å². The molecule has 2 aromatic heterocycles. The minimum absolute atomic E-state index is 0.0150. The van der Waals surface area contributed by atoms with Gasteiger partial charge in [-0.15, -0.1) is 0 Å². The fourth-order valence-corrected chi connectivity index (χ4v) is 3.87. The highest BCUT2D eigenvalue weighted by molar-refractivity contribution is 9.10.